The fraction of sp³-hybridized carbons (Fsp3) is 0.700. The van der Waals surface area contributed by atoms with Crippen molar-refractivity contribution in [1.29, 1.82) is 0 Å². The van der Waals surface area contributed by atoms with Crippen molar-refractivity contribution < 1.29 is 8.42 Å². The Labute approximate surface area is 107 Å². The zero-order valence-corrected chi connectivity index (χ0v) is 12.2. The van der Waals surface area contributed by atoms with Gasteiger partial charge in [-0.25, -0.2) is 13.4 Å². The molecule has 0 radical (unpaired) electrons. The number of nitrogens with zero attached hydrogens (tertiary/aromatic N) is 1. The quantitative estimate of drug-likeness (QED) is 0.828. The summed E-state index contributed by atoms with van der Waals surface area (Å²) in [6, 6.07) is 0.273. The van der Waals surface area contributed by atoms with Gasteiger partial charge in [0.05, 0.1) is 5.25 Å². The van der Waals surface area contributed by atoms with E-state index in [0.717, 1.165) is 4.88 Å². The number of nitrogens with one attached hydrogen (secondary N) is 2. The van der Waals surface area contributed by atoms with E-state index in [2.05, 4.69) is 15.0 Å². The standard InChI is InChI=1S/C10H19N3O2S2/c1-7(2)11-6-9(4)17(14,15)13-10-12-5-8(3)16-10/h5,7,9,11H,6H2,1-4H3,(H,12,13). The van der Waals surface area contributed by atoms with E-state index in [-0.39, 0.29) is 6.04 Å². The van der Waals surface area contributed by atoms with Crippen LogP contribution < -0.4 is 10.0 Å². The van der Waals surface area contributed by atoms with Crippen molar-refractivity contribution in [2.75, 3.05) is 11.3 Å². The number of rotatable bonds is 6. The first-order valence-electron chi connectivity index (χ1n) is 5.48. The van der Waals surface area contributed by atoms with Crippen LogP contribution in [0.15, 0.2) is 6.20 Å². The Hall–Kier alpha value is -0.660. The fourth-order valence-electron chi connectivity index (χ4n) is 1.14. The molecule has 0 saturated carbocycles. The van der Waals surface area contributed by atoms with Crippen LogP contribution in [0.25, 0.3) is 0 Å². The summed E-state index contributed by atoms with van der Waals surface area (Å²) in [6.45, 7) is 7.96. The Morgan fingerprint density at radius 2 is 2.06 bits per heavy atom. The van der Waals surface area contributed by atoms with Gasteiger partial charge < -0.3 is 5.32 Å². The molecular formula is C10H19N3O2S2. The van der Waals surface area contributed by atoms with Crippen LogP contribution in [-0.4, -0.2) is 31.2 Å². The summed E-state index contributed by atoms with van der Waals surface area (Å²) in [4.78, 5) is 4.97. The predicted octanol–water partition coefficient (Wildman–Crippen LogP) is 1.58. The van der Waals surface area contributed by atoms with E-state index in [0.29, 0.717) is 11.7 Å². The molecule has 2 N–H and O–H groups in total. The highest BCUT2D eigenvalue weighted by Gasteiger charge is 2.21. The van der Waals surface area contributed by atoms with Crippen molar-refractivity contribution in [2.24, 2.45) is 0 Å². The number of anilines is 1. The summed E-state index contributed by atoms with van der Waals surface area (Å²) < 4.78 is 26.4. The number of thiazole rings is 1. The van der Waals surface area contributed by atoms with Crippen LogP contribution in [0.2, 0.25) is 0 Å². The zero-order chi connectivity index (χ0) is 13.1. The maximum atomic E-state index is 11.9. The molecule has 1 unspecified atom stereocenters. The summed E-state index contributed by atoms with van der Waals surface area (Å²) in [5, 5.41) is 3.04. The molecule has 0 aromatic carbocycles. The third kappa shape index (κ3) is 4.61. The van der Waals surface area contributed by atoms with Gasteiger partial charge in [0.15, 0.2) is 5.13 Å². The molecule has 0 aliphatic heterocycles. The second-order valence-corrected chi connectivity index (χ2v) is 7.63. The first-order chi connectivity index (χ1) is 7.81. The molecule has 7 heteroatoms. The molecule has 0 aliphatic carbocycles. The minimum absolute atomic E-state index is 0.273. The van der Waals surface area contributed by atoms with Crippen LogP contribution in [-0.2, 0) is 10.0 Å². The van der Waals surface area contributed by atoms with Gasteiger partial charge in [-0.2, -0.15) is 0 Å². The number of aromatic nitrogens is 1. The first-order valence-corrected chi connectivity index (χ1v) is 7.85. The summed E-state index contributed by atoms with van der Waals surface area (Å²) in [5.74, 6) is 0. The van der Waals surface area contributed by atoms with Crippen LogP contribution in [0.1, 0.15) is 25.6 Å². The first kappa shape index (κ1) is 14.4. The Morgan fingerprint density at radius 1 is 1.41 bits per heavy atom. The lowest BCUT2D eigenvalue weighted by Crippen LogP contribution is -2.37. The Bertz CT molecular complexity index is 454. The van der Waals surface area contributed by atoms with E-state index in [1.54, 1.807) is 13.1 Å². The van der Waals surface area contributed by atoms with Crippen molar-refractivity contribution in [3.05, 3.63) is 11.1 Å². The third-order valence-electron chi connectivity index (χ3n) is 2.19. The zero-order valence-electron chi connectivity index (χ0n) is 10.5. The number of sulfonamides is 1. The maximum absolute atomic E-state index is 11.9. The van der Waals surface area contributed by atoms with E-state index in [9.17, 15) is 8.42 Å². The van der Waals surface area contributed by atoms with Gasteiger partial charge in [-0.1, -0.05) is 13.8 Å². The van der Waals surface area contributed by atoms with E-state index in [1.807, 2.05) is 20.8 Å². The SMILES string of the molecule is Cc1cnc(NS(=O)(=O)C(C)CNC(C)C)s1. The van der Waals surface area contributed by atoms with Crippen LogP contribution in [0.3, 0.4) is 0 Å². The van der Waals surface area contributed by atoms with Gasteiger partial charge in [-0.05, 0) is 13.8 Å². The van der Waals surface area contributed by atoms with Crippen molar-refractivity contribution in [1.82, 2.24) is 10.3 Å². The molecule has 1 atom stereocenters. The molecule has 0 spiro atoms. The smallest absolute Gasteiger partial charge is 0.238 e. The highest BCUT2D eigenvalue weighted by atomic mass is 32.2. The summed E-state index contributed by atoms with van der Waals surface area (Å²) in [5.41, 5.74) is 0. The Morgan fingerprint density at radius 3 is 2.53 bits per heavy atom. The fourth-order valence-corrected chi connectivity index (χ4v) is 2.98. The average molecular weight is 277 g/mol. The Balaban J connectivity index is 2.61. The summed E-state index contributed by atoms with van der Waals surface area (Å²) in [7, 11) is -3.36. The van der Waals surface area contributed by atoms with Crippen molar-refractivity contribution in [2.45, 2.75) is 39.0 Å². The van der Waals surface area contributed by atoms with Crippen molar-refractivity contribution in [3.8, 4) is 0 Å². The molecule has 17 heavy (non-hydrogen) atoms. The van der Waals surface area contributed by atoms with Gasteiger partial charge in [0.2, 0.25) is 10.0 Å². The second kappa shape index (κ2) is 5.79. The van der Waals surface area contributed by atoms with Crippen LogP contribution >= 0.6 is 11.3 Å². The molecular weight excluding hydrogens is 258 g/mol. The van der Waals surface area contributed by atoms with Crippen LogP contribution in [0, 0.1) is 6.92 Å². The monoisotopic (exact) mass is 277 g/mol. The van der Waals surface area contributed by atoms with Gasteiger partial charge in [0, 0.05) is 23.7 Å². The predicted molar refractivity (Wildman–Crippen MR) is 72.0 cm³/mol. The van der Waals surface area contributed by atoms with Gasteiger partial charge in [-0.3, -0.25) is 4.72 Å². The van der Waals surface area contributed by atoms with E-state index >= 15 is 0 Å². The molecule has 0 bridgehead atoms. The number of hydrogen-bond acceptors (Lipinski definition) is 5. The molecule has 1 aromatic rings. The summed E-state index contributed by atoms with van der Waals surface area (Å²) >= 11 is 1.33. The molecule has 1 rings (SSSR count). The minimum atomic E-state index is -3.36. The Kier molecular flexibility index (Phi) is 4.91. The lowest BCUT2D eigenvalue weighted by Gasteiger charge is -2.15. The minimum Gasteiger partial charge on any atom is -0.313 e. The molecule has 0 fully saturated rings. The van der Waals surface area contributed by atoms with Crippen molar-refractivity contribution in [3.63, 3.8) is 0 Å². The third-order valence-corrected chi connectivity index (χ3v) is 4.86. The lowest BCUT2D eigenvalue weighted by atomic mass is 10.3. The number of hydrogen-bond donors (Lipinski definition) is 2. The van der Waals surface area contributed by atoms with Crippen LogP contribution in [0.4, 0.5) is 5.13 Å². The molecule has 98 valence electrons. The van der Waals surface area contributed by atoms with Gasteiger partial charge >= 0.3 is 0 Å². The largest absolute Gasteiger partial charge is 0.313 e. The highest BCUT2D eigenvalue weighted by Crippen LogP contribution is 2.18. The second-order valence-electron chi connectivity index (χ2n) is 4.30. The van der Waals surface area contributed by atoms with Crippen LogP contribution in [0.5, 0.6) is 0 Å². The van der Waals surface area contributed by atoms with E-state index < -0.39 is 15.3 Å². The van der Waals surface area contributed by atoms with Gasteiger partial charge in [0.1, 0.15) is 0 Å². The molecule has 0 saturated heterocycles. The van der Waals surface area contributed by atoms with E-state index in [4.69, 9.17) is 0 Å². The number of aryl methyl sites for hydroxylation is 1. The molecule has 0 amide bonds. The van der Waals surface area contributed by atoms with Crippen molar-refractivity contribution >= 4 is 26.5 Å². The normalized spacial score (nSPS) is 13.9. The average Bonchev–Trinajstić information content (AvgIpc) is 2.59. The molecule has 0 aliphatic rings. The van der Waals surface area contributed by atoms with Gasteiger partial charge in [-0.15, -0.1) is 11.3 Å². The molecule has 5 nitrogen and oxygen atoms in total. The highest BCUT2D eigenvalue weighted by molar-refractivity contribution is 7.93. The molecule has 1 aromatic heterocycles. The topological polar surface area (TPSA) is 71.1 Å². The van der Waals surface area contributed by atoms with Gasteiger partial charge in [0.25, 0.3) is 0 Å². The molecule has 1 heterocycles. The maximum Gasteiger partial charge on any atom is 0.238 e. The lowest BCUT2D eigenvalue weighted by molar-refractivity contribution is 0.553. The van der Waals surface area contributed by atoms with E-state index in [1.165, 1.54) is 11.3 Å². The summed E-state index contributed by atoms with van der Waals surface area (Å²) in [6.07, 6.45) is 1.65.